The molecule has 1 amide bonds. The lowest BCUT2D eigenvalue weighted by molar-refractivity contribution is -0.137. The summed E-state index contributed by atoms with van der Waals surface area (Å²) in [5.74, 6) is 0.977. The van der Waals surface area contributed by atoms with E-state index in [9.17, 15) is 9.59 Å². The predicted molar refractivity (Wildman–Crippen MR) is 73.3 cm³/mol. The number of carbonyl (C=O) groups excluding carboxylic acids is 2. The third-order valence-corrected chi connectivity index (χ3v) is 3.79. The van der Waals surface area contributed by atoms with Crippen molar-refractivity contribution in [3.05, 3.63) is 0 Å². The molecule has 0 aromatic rings. The third kappa shape index (κ3) is 4.43. The SMILES string of the molecule is CCCC1CCC(=O)N(CC(=O)C(C)(C)C)CC1. The van der Waals surface area contributed by atoms with E-state index < -0.39 is 0 Å². The molecule has 18 heavy (non-hydrogen) atoms. The van der Waals surface area contributed by atoms with Crippen LogP contribution in [-0.2, 0) is 9.59 Å². The van der Waals surface area contributed by atoms with Crippen molar-refractivity contribution in [1.82, 2.24) is 4.90 Å². The van der Waals surface area contributed by atoms with Gasteiger partial charge in [-0.05, 0) is 18.8 Å². The lowest BCUT2D eigenvalue weighted by Gasteiger charge is -2.24. The van der Waals surface area contributed by atoms with Gasteiger partial charge in [0.2, 0.25) is 5.91 Å². The summed E-state index contributed by atoms with van der Waals surface area (Å²) in [5, 5.41) is 0. The van der Waals surface area contributed by atoms with Crippen molar-refractivity contribution in [1.29, 1.82) is 0 Å². The van der Waals surface area contributed by atoms with Gasteiger partial charge in [0.15, 0.2) is 5.78 Å². The highest BCUT2D eigenvalue weighted by atomic mass is 16.2. The highest BCUT2D eigenvalue weighted by Gasteiger charge is 2.28. The Morgan fingerprint density at radius 1 is 1.33 bits per heavy atom. The topological polar surface area (TPSA) is 37.4 Å². The van der Waals surface area contributed by atoms with Crippen LogP contribution >= 0.6 is 0 Å². The van der Waals surface area contributed by atoms with Crippen molar-refractivity contribution in [2.75, 3.05) is 13.1 Å². The Morgan fingerprint density at radius 3 is 2.56 bits per heavy atom. The highest BCUT2D eigenvalue weighted by molar-refractivity contribution is 5.89. The first-order valence-electron chi connectivity index (χ1n) is 7.15. The first-order valence-corrected chi connectivity index (χ1v) is 7.15. The minimum absolute atomic E-state index is 0.157. The standard InChI is InChI=1S/C15H27NO2/c1-5-6-12-7-8-14(18)16(10-9-12)11-13(17)15(2,3)4/h12H,5-11H2,1-4H3. The number of carbonyl (C=O) groups is 2. The Hall–Kier alpha value is -0.860. The van der Waals surface area contributed by atoms with Gasteiger partial charge < -0.3 is 4.90 Å². The molecular formula is C15H27NO2. The summed E-state index contributed by atoms with van der Waals surface area (Å²) >= 11 is 0. The Bertz CT molecular complexity index is 304. The largest absolute Gasteiger partial charge is 0.335 e. The monoisotopic (exact) mass is 253 g/mol. The van der Waals surface area contributed by atoms with E-state index in [1.54, 1.807) is 4.90 Å². The van der Waals surface area contributed by atoms with E-state index in [2.05, 4.69) is 6.92 Å². The molecule has 3 heteroatoms. The van der Waals surface area contributed by atoms with E-state index in [0.717, 1.165) is 19.4 Å². The predicted octanol–water partition coefficient (Wildman–Crippen LogP) is 3.03. The van der Waals surface area contributed by atoms with E-state index in [4.69, 9.17) is 0 Å². The van der Waals surface area contributed by atoms with E-state index in [1.807, 2.05) is 20.8 Å². The first kappa shape index (κ1) is 15.2. The van der Waals surface area contributed by atoms with Gasteiger partial charge in [-0.3, -0.25) is 9.59 Å². The van der Waals surface area contributed by atoms with Crippen LogP contribution in [-0.4, -0.2) is 29.7 Å². The van der Waals surface area contributed by atoms with Crippen LogP contribution in [0, 0.1) is 11.3 Å². The van der Waals surface area contributed by atoms with Crippen molar-refractivity contribution in [2.24, 2.45) is 11.3 Å². The molecule has 1 heterocycles. The molecule has 0 radical (unpaired) electrons. The lowest BCUT2D eigenvalue weighted by Crippen LogP contribution is -2.39. The molecule has 1 aliphatic rings. The molecule has 0 aromatic heterocycles. The van der Waals surface area contributed by atoms with Gasteiger partial charge in [0.25, 0.3) is 0 Å². The number of likely N-dealkylation sites (tertiary alicyclic amines) is 1. The summed E-state index contributed by atoms with van der Waals surface area (Å²) in [5.41, 5.74) is -0.352. The highest BCUT2D eigenvalue weighted by Crippen LogP contribution is 2.23. The van der Waals surface area contributed by atoms with E-state index in [1.165, 1.54) is 12.8 Å². The van der Waals surface area contributed by atoms with Crippen LogP contribution in [0.1, 0.15) is 59.8 Å². The van der Waals surface area contributed by atoms with E-state index >= 15 is 0 Å². The van der Waals surface area contributed by atoms with Crippen molar-refractivity contribution in [2.45, 2.75) is 59.8 Å². The molecule has 0 bridgehead atoms. The van der Waals surface area contributed by atoms with E-state index in [-0.39, 0.29) is 17.1 Å². The van der Waals surface area contributed by atoms with Crippen molar-refractivity contribution >= 4 is 11.7 Å². The molecule has 1 fully saturated rings. The molecule has 0 N–H and O–H groups in total. The molecule has 1 saturated heterocycles. The second-order valence-electron chi connectivity index (χ2n) is 6.47. The molecule has 1 rings (SSSR count). The van der Waals surface area contributed by atoms with Crippen molar-refractivity contribution in [3.8, 4) is 0 Å². The second-order valence-corrected chi connectivity index (χ2v) is 6.47. The molecule has 0 spiro atoms. The molecule has 3 nitrogen and oxygen atoms in total. The first-order chi connectivity index (χ1) is 8.34. The molecule has 1 unspecified atom stereocenters. The van der Waals surface area contributed by atoms with Gasteiger partial charge in [-0.15, -0.1) is 0 Å². The van der Waals surface area contributed by atoms with Crippen LogP contribution in [0.4, 0.5) is 0 Å². The molecule has 0 saturated carbocycles. The quantitative estimate of drug-likeness (QED) is 0.772. The zero-order chi connectivity index (χ0) is 13.8. The fraction of sp³-hybridized carbons (Fsp3) is 0.867. The summed E-state index contributed by atoms with van der Waals surface area (Å²) in [7, 11) is 0. The smallest absolute Gasteiger partial charge is 0.222 e. The lowest BCUT2D eigenvalue weighted by atomic mass is 9.90. The van der Waals surface area contributed by atoms with Crippen molar-refractivity contribution in [3.63, 3.8) is 0 Å². The summed E-state index contributed by atoms with van der Waals surface area (Å²) in [6.45, 7) is 8.98. The normalized spacial score (nSPS) is 21.9. The maximum Gasteiger partial charge on any atom is 0.222 e. The van der Waals surface area contributed by atoms with Gasteiger partial charge in [-0.1, -0.05) is 40.5 Å². The van der Waals surface area contributed by atoms with E-state index in [0.29, 0.717) is 18.9 Å². The maximum atomic E-state index is 12.0. The van der Waals surface area contributed by atoms with Gasteiger partial charge in [-0.2, -0.15) is 0 Å². The fourth-order valence-corrected chi connectivity index (χ4v) is 2.37. The van der Waals surface area contributed by atoms with Crippen LogP contribution in [0.5, 0.6) is 0 Å². The van der Waals surface area contributed by atoms with Gasteiger partial charge >= 0.3 is 0 Å². The third-order valence-electron chi connectivity index (χ3n) is 3.79. The number of Topliss-reactive ketones (excluding diaryl/α,β-unsaturated/α-hetero) is 1. The van der Waals surface area contributed by atoms with Crippen LogP contribution in [0.15, 0.2) is 0 Å². The number of amides is 1. The summed E-state index contributed by atoms with van der Waals surface area (Å²) in [4.78, 5) is 25.8. The number of rotatable bonds is 4. The summed E-state index contributed by atoms with van der Waals surface area (Å²) in [6, 6.07) is 0. The molecule has 0 aliphatic carbocycles. The molecule has 0 aromatic carbocycles. The number of hydrogen-bond donors (Lipinski definition) is 0. The van der Waals surface area contributed by atoms with Gasteiger partial charge in [0, 0.05) is 18.4 Å². The summed E-state index contributed by atoms with van der Waals surface area (Å²) < 4.78 is 0. The number of hydrogen-bond acceptors (Lipinski definition) is 2. The average Bonchev–Trinajstić information content (AvgIpc) is 2.43. The Balaban J connectivity index is 2.56. The molecular weight excluding hydrogens is 226 g/mol. The average molecular weight is 253 g/mol. The summed E-state index contributed by atoms with van der Waals surface area (Å²) in [6.07, 6.45) is 5.04. The molecule has 1 aliphatic heterocycles. The van der Waals surface area contributed by atoms with Crippen LogP contribution in [0.25, 0.3) is 0 Å². The van der Waals surface area contributed by atoms with Gasteiger partial charge in [-0.25, -0.2) is 0 Å². The fourth-order valence-electron chi connectivity index (χ4n) is 2.37. The Morgan fingerprint density at radius 2 is 2.00 bits per heavy atom. The van der Waals surface area contributed by atoms with Crippen LogP contribution in [0.2, 0.25) is 0 Å². The van der Waals surface area contributed by atoms with Gasteiger partial charge in [0.05, 0.1) is 6.54 Å². The zero-order valence-electron chi connectivity index (χ0n) is 12.3. The minimum Gasteiger partial charge on any atom is -0.335 e. The Labute approximate surface area is 111 Å². The van der Waals surface area contributed by atoms with Crippen LogP contribution < -0.4 is 0 Å². The number of ketones is 1. The maximum absolute atomic E-state index is 12.0. The van der Waals surface area contributed by atoms with Crippen LogP contribution in [0.3, 0.4) is 0 Å². The number of nitrogens with zero attached hydrogens (tertiary/aromatic N) is 1. The van der Waals surface area contributed by atoms with Crippen molar-refractivity contribution < 1.29 is 9.59 Å². The zero-order valence-corrected chi connectivity index (χ0v) is 12.3. The second kappa shape index (κ2) is 6.35. The minimum atomic E-state index is -0.352. The molecule has 1 atom stereocenters. The Kier molecular flexibility index (Phi) is 5.36. The van der Waals surface area contributed by atoms with Gasteiger partial charge in [0.1, 0.15) is 0 Å². The molecule has 104 valence electrons.